The van der Waals surface area contributed by atoms with Crippen molar-refractivity contribution in [3.8, 4) is 0 Å². The van der Waals surface area contributed by atoms with Crippen LogP contribution < -0.4 is 0 Å². The maximum atomic E-state index is 5.55. The fourth-order valence-electron chi connectivity index (χ4n) is 4.33. The first-order valence-electron chi connectivity index (χ1n) is 11.7. The highest BCUT2D eigenvalue weighted by atomic mass is 28.3. The predicted octanol–water partition coefficient (Wildman–Crippen LogP) is 4.12. The van der Waals surface area contributed by atoms with Crippen LogP contribution in [-0.2, 0) is 35.4 Å². The Morgan fingerprint density at radius 3 is 0.697 bits per heavy atom. The van der Waals surface area contributed by atoms with Gasteiger partial charge in [0.2, 0.25) is 0 Å². The molecule has 8 nitrogen and oxygen atoms in total. The van der Waals surface area contributed by atoms with Crippen molar-refractivity contribution in [1.29, 1.82) is 0 Å². The van der Waals surface area contributed by atoms with Crippen molar-refractivity contribution in [2.75, 3.05) is 56.9 Å². The van der Waals surface area contributed by atoms with Crippen LogP contribution in [0.25, 0.3) is 0 Å². The summed E-state index contributed by atoms with van der Waals surface area (Å²) in [6.45, 7) is 0. The van der Waals surface area contributed by atoms with Crippen LogP contribution >= 0.6 is 0 Å². The molecule has 33 heavy (non-hydrogen) atoms. The standard InChI is InChI=1S/C20H48O8Si5/c1-21-29(22-2)13-9-17-33(18-10-14-30(23-3)24-4,19-11-15-31(25-5)26-6)20-12-16-32(27-7)28-8/h9-20H2,1-8H3. The Morgan fingerprint density at radius 1 is 0.364 bits per heavy atom. The van der Waals surface area contributed by atoms with E-state index < -0.39 is 45.2 Å². The molecule has 0 saturated carbocycles. The lowest BCUT2D eigenvalue weighted by molar-refractivity contribution is 0.277. The summed E-state index contributed by atoms with van der Waals surface area (Å²) in [5.74, 6) is 0. The SMILES string of the molecule is CO[Si](CCC[Si](CCC[Si](OC)OC)(CCC[Si](OC)OC)CCC[Si](OC)OC)OC. The highest BCUT2D eigenvalue weighted by Gasteiger charge is 2.33. The Hall–Kier alpha value is 0.764. The van der Waals surface area contributed by atoms with Crippen LogP contribution in [0.5, 0.6) is 0 Å². The molecule has 0 aromatic carbocycles. The molecule has 0 unspecified atom stereocenters. The van der Waals surface area contributed by atoms with E-state index in [9.17, 15) is 0 Å². The molecule has 0 spiro atoms. The van der Waals surface area contributed by atoms with Crippen LogP contribution in [0, 0.1) is 0 Å². The van der Waals surface area contributed by atoms with Crippen molar-refractivity contribution in [2.24, 2.45) is 0 Å². The van der Waals surface area contributed by atoms with E-state index in [4.69, 9.17) is 35.4 Å². The lowest BCUT2D eigenvalue weighted by atomic mass is 10.5. The zero-order chi connectivity index (χ0) is 25.0. The third-order valence-corrected chi connectivity index (χ3v) is 18.5. The summed E-state index contributed by atoms with van der Waals surface area (Å²) in [7, 11) is 7.96. The van der Waals surface area contributed by atoms with Crippen LogP contribution in [0.4, 0.5) is 0 Å². The molecule has 0 bridgehead atoms. The smallest absolute Gasteiger partial charge is 0.384 e. The second-order valence-corrected chi connectivity index (χ2v) is 21.3. The summed E-state index contributed by atoms with van der Waals surface area (Å²) in [5, 5.41) is 0. The zero-order valence-corrected chi connectivity index (χ0v) is 27.3. The van der Waals surface area contributed by atoms with Crippen LogP contribution in [0.2, 0.25) is 48.4 Å². The van der Waals surface area contributed by atoms with E-state index in [1.165, 1.54) is 49.9 Å². The average molecular weight is 557 g/mol. The van der Waals surface area contributed by atoms with Gasteiger partial charge in [0, 0.05) is 56.9 Å². The van der Waals surface area contributed by atoms with Gasteiger partial charge in [0.1, 0.15) is 0 Å². The molecule has 4 radical (unpaired) electrons. The van der Waals surface area contributed by atoms with E-state index in [2.05, 4.69) is 0 Å². The molecule has 0 N–H and O–H groups in total. The lowest BCUT2D eigenvalue weighted by Gasteiger charge is -2.33. The molecule has 0 aliphatic rings. The van der Waals surface area contributed by atoms with Crippen molar-refractivity contribution in [3.05, 3.63) is 0 Å². The largest absolute Gasteiger partial charge is 0.397 e. The second-order valence-electron chi connectivity index (χ2n) is 8.04. The first-order valence-corrected chi connectivity index (χ1v) is 20.7. The van der Waals surface area contributed by atoms with Gasteiger partial charge in [-0.15, -0.1) is 0 Å². The molecule has 0 aromatic heterocycles. The molecule has 0 saturated heterocycles. The lowest BCUT2D eigenvalue weighted by Crippen LogP contribution is -2.36. The molecule has 0 heterocycles. The Morgan fingerprint density at radius 2 is 0.545 bits per heavy atom. The van der Waals surface area contributed by atoms with Gasteiger partial charge in [-0.1, -0.05) is 49.9 Å². The minimum Gasteiger partial charge on any atom is -0.397 e. The molecule has 0 aliphatic heterocycles. The van der Waals surface area contributed by atoms with E-state index in [1.54, 1.807) is 56.9 Å². The van der Waals surface area contributed by atoms with Crippen molar-refractivity contribution >= 4 is 45.2 Å². The van der Waals surface area contributed by atoms with Gasteiger partial charge in [0.15, 0.2) is 0 Å². The second kappa shape index (κ2) is 22.0. The third-order valence-electron chi connectivity index (χ3n) is 6.17. The molecular weight excluding hydrogens is 509 g/mol. The van der Waals surface area contributed by atoms with Crippen molar-refractivity contribution in [2.45, 2.75) is 74.0 Å². The van der Waals surface area contributed by atoms with Crippen LogP contribution in [0.3, 0.4) is 0 Å². The zero-order valence-electron chi connectivity index (χ0n) is 22.3. The summed E-state index contributed by atoms with van der Waals surface area (Å²) >= 11 is 0. The summed E-state index contributed by atoms with van der Waals surface area (Å²) in [6.07, 6.45) is 4.70. The Bertz CT molecular complexity index is 348. The van der Waals surface area contributed by atoms with Crippen LogP contribution in [-0.4, -0.2) is 102 Å². The molecular formula is C20H48O8Si5. The maximum Gasteiger partial charge on any atom is 0.384 e. The van der Waals surface area contributed by atoms with E-state index in [0.29, 0.717) is 0 Å². The van der Waals surface area contributed by atoms with Gasteiger partial charge >= 0.3 is 37.1 Å². The summed E-state index contributed by atoms with van der Waals surface area (Å²) in [5.41, 5.74) is 0. The van der Waals surface area contributed by atoms with Gasteiger partial charge in [0.25, 0.3) is 0 Å². The summed E-state index contributed by atoms with van der Waals surface area (Å²) < 4.78 is 44.4. The monoisotopic (exact) mass is 556 g/mol. The fourth-order valence-corrected chi connectivity index (χ4v) is 15.1. The maximum absolute atomic E-state index is 5.55. The van der Waals surface area contributed by atoms with E-state index in [0.717, 1.165) is 24.2 Å². The first kappa shape index (κ1) is 33.8. The van der Waals surface area contributed by atoms with Crippen molar-refractivity contribution in [3.63, 3.8) is 0 Å². The average Bonchev–Trinajstić information content (AvgIpc) is 2.85. The van der Waals surface area contributed by atoms with Crippen molar-refractivity contribution in [1.82, 2.24) is 0 Å². The molecule has 0 atom stereocenters. The Kier molecular flexibility index (Phi) is 22.5. The Balaban J connectivity index is 5.33. The van der Waals surface area contributed by atoms with Gasteiger partial charge in [-0.25, -0.2) is 0 Å². The summed E-state index contributed by atoms with van der Waals surface area (Å²) in [6, 6.07) is 9.36. The molecule has 0 aliphatic carbocycles. The first-order chi connectivity index (χ1) is 16.0. The molecule has 13 heteroatoms. The highest BCUT2D eigenvalue weighted by Crippen LogP contribution is 2.35. The molecule has 0 rings (SSSR count). The number of rotatable bonds is 24. The topological polar surface area (TPSA) is 73.8 Å². The molecule has 0 fully saturated rings. The van der Waals surface area contributed by atoms with Gasteiger partial charge in [-0.05, 0) is 24.2 Å². The minimum atomic E-state index is -1.54. The molecule has 196 valence electrons. The Labute approximate surface area is 211 Å². The highest BCUT2D eigenvalue weighted by molar-refractivity contribution is 6.80. The molecule has 0 aromatic rings. The van der Waals surface area contributed by atoms with Crippen LogP contribution in [0.15, 0.2) is 0 Å². The fraction of sp³-hybridized carbons (Fsp3) is 1.00. The van der Waals surface area contributed by atoms with Gasteiger partial charge < -0.3 is 35.4 Å². The van der Waals surface area contributed by atoms with Gasteiger partial charge in [-0.3, -0.25) is 0 Å². The predicted molar refractivity (Wildman–Crippen MR) is 142 cm³/mol. The third kappa shape index (κ3) is 15.5. The number of hydrogen-bond acceptors (Lipinski definition) is 8. The van der Waals surface area contributed by atoms with E-state index in [1.807, 2.05) is 0 Å². The summed E-state index contributed by atoms with van der Waals surface area (Å²) in [4.78, 5) is 0. The van der Waals surface area contributed by atoms with E-state index >= 15 is 0 Å². The minimum absolute atomic E-state index is 1.04. The van der Waals surface area contributed by atoms with Crippen molar-refractivity contribution < 1.29 is 35.4 Å². The van der Waals surface area contributed by atoms with Gasteiger partial charge in [-0.2, -0.15) is 0 Å². The van der Waals surface area contributed by atoms with Crippen LogP contribution in [0.1, 0.15) is 25.7 Å². The number of hydrogen-bond donors (Lipinski definition) is 0. The normalized spacial score (nSPS) is 12.7. The quantitative estimate of drug-likeness (QED) is 0.164. The molecule has 0 amide bonds. The van der Waals surface area contributed by atoms with Gasteiger partial charge in [0.05, 0.1) is 8.07 Å². The van der Waals surface area contributed by atoms with E-state index in [-0.39, 0.29) is 0 Å².